The predicted octanol–water partition coefficient (Wildman–Crippen LogP) is 4.10. The van der Waals surface area contributed by atoms with E-state index in [1.54, 1.807) is 37.4 Å². The monoisotopic (exact) mass is 508 g/mol. The second-order valence-corrected chi connectivity index (χ2v) is 9.01. The lowest BCUT2D eigenvalue weighted by atomic mass is 9.95. The number of nitrogens with one attached hydrogen (secondary N) is 1. The molecular weight excluding hydrogens is 472 g/mol. The van der Waals surface area contributed by atoms with E-state index in [0.29, 0.717) is 46.1 Å². The Hall–Kier alpha value is -3.95. The van der Waals surface area contributed by atoms with Gasteiger partial charge in [-0.3, -0.25) is 0 Å². The van der Waals surface area contributed by atoms with Crippen molar-refractivity contribution in [1.82, 2.24) is 20.2 Å². The van der Waals surface area contributed by atoms with Crippen LogP contribution in [0.15, 0.2) is 36.5 Å². The topological polar surface area (TPSA) is 123 Å². The van der Waals surface area contributed by atoms with Crippen molar-refractivity contribution in [3.8, 4) is 22.8 Å². The summed E-state index contributed by atoms with van der Waals surface area (Å²) in [4.78, 5) is 23.1. The number of carbonyl (C=O) groups is 1. The normalized spacial score (nSPS) is 11.8. The number of carboxylic acids is 1. The van der Waals surface area contributed by atoms with Crippen LogP contribution in [0.2, 0.25) is 0 Å². The van der Waals surface area contributed by atoms with Gasteiger partial charge in [-0.05, 0) is 36.6 Å². The minimum Gasteiger partial charge on any atom is -0.496 e. The van der Waals surface area contributed by atoms with Gasteiger partial charge in [0.05, 0.1) is 25.5 Å². The quantitative estimate of drug-likeness (QED) is 0.349. The Balaban J connectivity index is 1.87. The molecule has 198 valence electrons. The molecule has 0 aliphatic carbocycles. The van der Waals surface area contributed by atoms with Crippen LogP contribution in [0.1, 0.15) is 37.9 Å². The third-order valence-electron chi connectivity index (χ3n) is 6.34. The Bertz CT molecular complexity index is 1160. The van der Waals surface area contributed by atoms with Gasteiger partial charge in [0, 0.05) is 32.3 Å². The average Bonchev–Trinajstić information content (AvgIpc) is 2.91. The average molecular weight is 509 g/mol. The zero-order chi connectivity index (χ0) is 26.9. The first-order chi connectivity index (χ1) is 17.8. The number of hydrogen-bond donors (Lipinski definition) is 2. The fourth-order valence-electron chi connectivity index (χ4n) is 4.06. The van der Waals surface area contributed by atoms with E-state index in [1.165, 1.54) is 0 Å². The molecule has 0 saturated carbocycles. The van der Waals surface area contributed by atoms with Crippen LogP contribution in [0.5, 0.6) is 11.5 Å². The van der Waals surface area contributed by atoms with Crippen molar-refractivity contribution >= 4 is 17.7 Å². The molecule has 2 aromatic heterocycles. The maximum Gasteiger partial charge on any atom is 0.326 e. The molecule has 0 radical (unpaired) electrons. The SMILES string of the molecule is CCC(CC)Cc1cnc(N(C)C)nc1NC(Cc1ccc(-c2c(OC)cccc2OC)nn1)C(=O)O. The molecule has 37 heavy (non-hydrogen) atoms. The highest BCUT2D eigenvalue weighted by Gasteiger charge is 2.23. The first kappa shape index (κ1) is 27.6. The second-order valence-electron chi connectivity index (χ2n) is 9.01. The third-order valence-corrected chi connectivity index (χ3v) is 6.34. The van der Waals surface area contributed by atoms with Crippen LogP contribution in [0.3, 0.4) is 0 Å². The smallest absolute Gasteiger partial charge is 0.326 e. The van der Waals surface area contributed by atoms with Crippen molar-refractivity contribution in [3.05, 3.63) is 47.8 Å². The van der Waals surface area contributed by atoms with Crippen LogP contribution in [-0.2, 0) is 17.6 Å². The van der Waals surface area contributed by atoms with Gasteiger partial charge in [-0.15, -0.1) is 5.10 Å². The van der Waals surface area contributed by atoms with E-state index < -0.39 is 12.0 Å². The minimum atomic E-state index is -1.00. The lowest BCUT2D eigenvalue weighted by Gasteiger charge is -2.21. The highest BCUT2D eigenvalue weighted by Crippen LogP contribution is 2.36. The van der Waals surface area contributed by atoms with Crippen molar-refractivity contribution < 1.29 is 19.4 Å². The highest BCUT2D eigenvalue weighted by atomic mass is 16.5. The van der Waals surface area contributed by atoms with Gasteiger partial charge in [0.25, 0.3) is 0 Å². The van der Waals surface area contributed by atoms with E-state index in [4.69, 9.17) is 9.47 Å². The van der Waals surface area contributed by atoms with E-state index in [9.17, 15) is 9.90 Å². The van der Waals surface area contributed by atoms with E-state index in [-0.39, 0.29) is 6.42 Å². The second kappa shape index (κ2) is 12.8. The molecule has 3 aromatic rings. The van der Waals surface area contributed by atoms with E-state index in [0.717, 1.165) is 24.8 Å². The Kier molecular flexibility index (Phi) is 9.59. The molecule has 10 nitrogen and oxygen atoms in total. The van der Waals surface area contributed by atoms with Crippen molar-refractivity contribution in [2.45, 2.75) is 45.6 Å². The molecule has 0 fully saturated rings. The Morgan fingerprint density at radius 2 is 1.70 bits per heavy atom. The zero-order valence-electron chi connectivity index (χ0n) is 22.4. The molecule has 2 heterocycles. The summed E-state index contributed by atoms with van der Waals surface area (Å²) in [7, 11) is 6.86. The summed E-state index contributed by atoms with van der Waals surface area (Å²) in [6.07, 6.45) is 4.72. The molecule has 0 aliphatic heterocycles. The van der Waals surface area contributed by atoms with Crippen molar-refractivity contribution in [2.24, 2.45) is 5.92 Å². The molecule has 1 unspecified atom stereocenters. The standard InChI is InChI=1S/C27H36N6O4/c1-7-17(8-2)14-18-16-28-27(33(3)4)30-25(18)29-21(26(34)35)15-19-12-13-20(32-31-19)24-22(36-5)10-9-11-23(24)37-6/h9-13,16-17,21H,7-8,14-15H2,1-6H3,(H,34,35)(H,28,29,30). The summed E-state index contributed by atoms with van der Waals surface area (Å²) in [5, 5.41) is 21.8. The Morgan fingerprint density at radius 1 is 1.03 bits per heavy atom. The summed E-state index contributed by atoms with van der Waals surface area (Å²) >= 11 is 0. The third kappa shape index (κ3) is 6.84. The highest BCUT2D eigenvalue weighted by molar-refractivity contribution is 5.78. The molecule has 0 bridgehead atoms. The molecule has 10 heteroatoms. The van der Waals surface area contributed by atoms with Crippen LogP contribution in [-0.4, -0.2) is 65.6 Å². The van der Waals surface area contributed by atoms with Gasteiger partial charge < -0.3 is 24.8 Å². The lowest BCUT2D eigenvalue weighted by molar-refractivity contribution is -0.137. The molecule has 3 rings (SSSR count). The van der Waals surface area contributed by atoms with Crippen LogP contribution in [0.25, 0.3) is 11.3 Å². The first-order valence-electron chi connectivity index (χ1n) is 12.4. The van der Waals surface area contributed by atoms with E-state index in [2.05, 4.69) is 39.3 Å². The summed E-state index contributed by atoms with van der Waals surface area (Å²) in [5.74, 6) is 1.71. The number of carboxylic acid groups (broad SMARTS) is 1. The molecule has 1 atom stereocenters. The van der Waals surface area contributed by atoms with Gasteiger partial charge in [-0.25, -0.2) is 9.78 Å². The molecule has 0 aliphatic rings. The lowest BCUT2D eigenvalue weighted by Crippen LogP contribution is -2.33. The van der Waals surface area contributed by atoms with Crippen molar-refractivity contribution in [3.63, 3.8) is 0 Å². The van der Waals surface area contributed by atoms with Crippen LogP contribution in [0.4, 0.5) is 11.8 Å². The molecule has 0 amide bonds. The fraction of sp³-hybridized carbons (Fsp3) is 0.444. The number of aromatic nitrogens is 4. The molecule has 0 saturated heterocycles. The van der Waals surface area contributed by atoms with Gasteiger partial charge >= 0.3 is 5.97 Å². The molecular formula is C27H36N6O4. The van der Waals surface area contributed by atoms with E-state index >= 15 is 0 Å². The fourth-order valence-corrected chi connectivity index (χ4v) is 4.06. The molecule has 1 aromatic carbocycles. The van der Waals surface area contributed by atoms with Gasteiger partial charge in [-0.1, -0.05) is 32.8 Å². The summed E-state index contributed by atoms with van der Waals surface area (Å²) in [5.41, 5.74) is 2.68. The number of hydrogen-bond acceptors (Lipinski definition) is 9. The molecule has 0 spiro atoms. The zero-order valence-corrected chi connectivity index (χ0v) is 22.4. The largest absolute Gasteiger partial charge is 0.496 e. The number of methoxy groups -OCH3 is 2. The maximum atomic E-state index is 12.2. The number of anilines is 2. The minimum absolute atomic E-state index is 0.122. The van der Waals surface area contributed by atoms with Crippen LogP contribution < -0.4 is 19.7 Å². The first-order valence-corrected chi connectivity index (χ1v) is 12.4. The molecule has 2 N–H and O–H groups in total. The van der Waals surface area contributed by atoms with Crippen molar-refractivity contribution in [1.29, 1.82) is 0 Å². The van der Waals surface area contributed by atoms with Gasteiger partial charge in [0.1, 0.15) is 29.1 Å². The predicted molar refractivity (Wildman–Crippen MR) is 143 cm³/mol. The Morgan fingerprint density at radius 3 is 2.22 bits per heavy atom. The van der Waals surface area contributed by atoms with Crippen LogP contribution in [0, 0.1) is 5.92 Å². The number of ether oxygens (including phenoxy) is 2. The van der Waals surface area contributed by atoms with Gasteiger partial charge in [-0.2, -0.15) is 10.1 Å². The summed E-state index contributed by atoms with van der Waals surface area (Å²) in [6, 6.07) is 8.07. The van der Waals surface area contributed by atoms with Gasteiger partial charge in [0.2, 0.25) is 5.95 Å². The number of benzene rings is 1. The van der Waals surface area contributed by atoms with Crippen molar-refractivity contribution in [2.75, 3.05) is 38.5 Å². The number of rotatable bonds is 13. The summed E-state index contributed by atoms with van der Waals surface area (Å²) < 4.78 is 10.9. The van der Waals surface area contributed by atoms with Gasteiger partial charge in [0.15, 0.2) is 0 Å². The summed E-state index contributed by atoms with van der Waals surface area (Å²) in [6.45, 7) is 4.30. The van der Waals surface area contributed by atoms with Crippen LogP contribution >= 0.6 is 0 Å². The van der Waals surface area contributed by atoms with E-state index in [1.807, 2.05) is 32.3 Å². The number of aliphatic carboxylic acids is 1. The maximum absolute atomic E-state index is 12.2. The number of nitrogens with zero attached hydrogens (tertiary/aromatic N) is 5. The Labute approximate surface area is 218 Å².